The summed E-state index contributed by atoms with van der Waals surface area (Å²) in [5.74, 6) is 1.39. The van der Waals surface area contributed by atoms with Crippen LogP contribution in [0.15, 0.2) is 119 Å². The van der Waals surface area contributed by atoms with E-state index in [9.17, 15) is 9.59 Å². The quantitative estimate of drug-likeness (QED) is 0.135. The second kappa shape index (κ2) is 14.5. The SMILES string of the molecule is O=CN1N=C(c2ccccc2)CC1c1ccccc1OCCOCCOc1ccccc1C1CC(c2ccccc2)=NN1C=O. The number of amides is 2. The van der Waals surface area contributed by atoms with E-state index >= 15 is 0 Å². The van der Waals surface area contributed by atoms with E-state index < -0.39 is 0 Å². The maximum Gasteiger partial charge on any atom is 0.230 e. The predicted octanol–water partition coefficient (Wildman–Crippen LogP) is 5.78. The molecule has 4 aromatic rings. The molecule has 2 unspecified atom stereocenters. The topological polar surface area (TPSA) is 93.0 Å². The summed E-state index contributed by atoms with van der Waals surface area (Å²) in [6.45, 7) is 1.40. The molecule has 0 radical (unpaired) electrons. The van der Waals surface area contributed by atoms with Crippen LogP contribution in [0, 0.1) is 0 Å². The summed E-state index contributed by atoms with van der Waals surface area (Å²) in [5, 5.41) is 12.0. The zero-order valence-corrected chi connectivity index (χ0v) is 24.8. The number of para-hydroxylation sites is 2. The van der Waals surface area contributed by atoms with Gasteiger partial charge in [0, 0.05) is 24.0 Å². The highest BCUT2D eigenvalue weighted by molar-refractivity contribution is 6.03. The summed E-state index contributed by atoms with van der Waals surface area (Å²) in [6.07, 6.45) is 2.72. The number of hydrazone groups is 2. The van der Waals surface area contributed by atoms with E-state index in [1.54, 1.807) is 0 Å². The van der Waals surface area contributed by atoms with Gasteiger partial charge in [-0.05, 0) is 23.3 Å². The lowest BCUT2D eigenvalue weighted by Crippen LogP contribution is -2.19. The van der Waals surface area contributed by atoms with E-state index in [4.69, 9.17) is 14.2 Å². The van der Waals surface area contributed by atoms with Crippen LogP contribution in [-0.4, -0.2) is 60.7 Å². The summed E-state index contributed by atoms with van der Waals surface area (Å²) < 4.78 is 18.0. The van der Waals surface area contributed by atoms with Crippen LogP contribution < -0.4 is 9.47 Å². The van der Waals surface area contributed by atoms with Crippen LogP contribution >= 0.6 is 0 Å². The average Bonchev–Trinajstić information content (AvgIpc) is 3.74. The van der Waals surface area contributed by atoms with Gasteiger partial charge in [-0.25, -0.2) is 10.0 Å². The molecule has 2 amide bonds. The smallest absolute Gasteiger partial charge is 0.230 e. The van der Waals surface area contributed by atoms with E-state index in [0.717, 1.165) is 46.5 Å². The molecule has 0 aromatic heterocycles. The van der Waals surface area contributed by atoms with Crippen LogP contribution in [-0.2, 0) is 14.3 Å². The van der Waals surface area contributed by atoms with E-state index in [0.29, 0.717) is 50.8 Å². The number of hydrogen-bond acceptors (Lipinski definition) is 7. The monoisotopic (exact) mass is 602 g/mol. The minimum Gasteiger partial charge on any atom is -0.491 e. The lowest BCUT2D eigenvalue weighted by molar-refractivity contribution is -0.120. The van der Waals surface area contributed by atoms with Crippen molar-refractivity contribution in [1.29, 1.82) is 0 Å². The zero-order chi connectivity index (χ0) is 30.8. The third kappa shape index (κ3) is 6.94. The van der Waals surface area contributed by atoms with Gasteiger partial charge in [-0.3, -0.25) is 9.59 Å². The lowest BCUT2D eigenvalue weighted by atomic mass is 9.98. The first kappa shape index (κ1) is 29.8. The molecule has 2 aliphatic rings. The van der Waals surface area contributed by atoms with Gasteiger partial charge < -0.3 is 14.2 Å². The summed E-state index contributed by atoms with van der Waals surface area (Å²) in [5.41, 5.74) is 5.52. The fourth-order valence-electron chi connectivity index (χ4n) is 5.66. The maximum atomic E-state index is 11.9. The maximum absolute atomic E-state index is 11.9. The molecule has 45 heavy (non-hydrogen) atoms. The molecule has 2 heterocycles. The molecule has 0 bridgehead atoms. The molecule has 0 aliphatic carbocycles. The van der Waals surface area contributed by atoms with Crippen molar-refractivity contribution in [1.82, 2.24) is 10.0 Å². The van der Waals surface area contributed by atoms with Crippen molar-refractivity contribution < 1.29 is 23.8 Å². The Morgan fingerprint density at radius 1 is 0.556 bits per heavy atom. The predicted molar refractivity (Wildman–Crippen MR) is 171 cm³/mol. The van der Waals surface area contributed by atoms with Crippen LogP contribution in [0.4, 0.5) is 0 Å². The van der Waals surface area contributed by atoms with Crippen molar-refractivity contribution in [2.24, 2.45) is 10.2 Å². The minimum absolute atomic E-state index is 0.243. The highest BCUT2D eigenvalue weighted by Gasteiger charge is 2.32. The normalized spacial score (nSPS) is 17.5. The second-order valence-electron chi connectivity index (χ2n) is 10.6. The first-order chi connectivity index (χ1) is 22.2. The van der Waals surface area contributed by atoms with E-state index in [2.05, 4.69) is 10.2 Å². The summed E-state index contributed by atoms with van der Waals surface area (Å²) >= 11 is 0. The Kier molecular flexibility index (Phi) is 9.57. The Labute approximate surface area is 262 Å². The molecule has 228 valence electrons. The first-order valence-electron chi connectivity index (χ1n) is 15.0. The number of rotatable bonds is 14. The van der Waals surface area contributed by atoms with Crippen LogP contribution in [0.3, 0.4) is 0 Å². The van der Waals surface area contributed by atoms with Gasteiger partial charge in [0.15, 0.2) is 0 Å². The molecule has 0 N–H and O–H groups in total. The van der Waals surface area contributed by atoms with Gasteiger partial charge in [-0.1, -0.05) is 97.1 Å². The number of hydrogen-bond donors (Lipinski definition) is 0. The largest absolute Gasteiger partial charge is 0.491 e. The molecule has 9 heteroatoms. The summed E-state index contributed by atoms with van der Waals surface area (Å²) in [7, 11) is 0. The Bertz CT molecular complexity index is 1540. The number of ether oxygens (including phenoxy) is 3. The molecule has 2 aliphatic heterocycles. The van der Waals surface area contributed by atoms with E-state index in [1.165, 1.54) is 10.0 Å². The van der Waals surface area contributed by atoms with Crippen LogP contribution in [0.2, 0.25) is 0 Å². The third-order valence-electron chi connectivity index (χ3n) is 7.84. The molecule has 9 nitrogen and oxygen atoms in total. The Hall–Kier alpha value is -5.28. The average molecular weight is 603 g/mol. The Morgan fingerprint density at radius 3 is 1.38 bits per heavy atom. The second-order valence-corrected chi connectivity index (χ2v) is 10.6. The van der Waals surface area contributed by atoms with Crippen LogP contribution in [0.25, 0.3) is 0 Å². The minimum atomic E-state index is -0.243. The van der Waals surface area contributed by atoms with Crippen LogP contribution in [0.1, 0.15) is 47.2 Å². The molecule has 0 fully saturated rings. The van der Waals surface area contributed by atoms with Gasteiger partial charge in [-0.2, -0.15) is 10.2 Å². The molecule has 6 rings (SSSR count). The molecular weight excluding hydrogens is 568 g/mol. The van der Waals surface area contributed by atoms with Gasteiger partial charge in [0.05, 0.1) is 36.7 Å². The third-order valence-corrected chi connectivity index (χ3v) is 7.84. The van der Waals surface area contributed by atoms with Crippen LogP contribution in [0.5, 0.6) is 11.5 Å². The molecule has 0 spiro atoms. The van der Waals surface area contributed by atoms with E-state index in [-0.39, 0.29) is 12.1 Å². The van der Waals surface area contributed by atoms with Gasteiger partial charge in [0.2, 0.25) is 12.8 Å². The van der Waals surface area contributed by atoms with E-state index in [1.807, 2.05) is 109 Å². The highest BCUT2D eigenvalue weighted by atomic mass is 16.5. The van der Waals surface area contributed by atoms with Crippen molar-refractivity contribution in [2.45, 2.75) is 24.9 Å². The first-order valence-corrected chi connectivity index (χ1v) is 15.0. The van der Waals surface area contributed by atoms with Gasteiger partial charge in [-0.15, -0.1) is 0 Å². The van der Waals surface area contributed by atoms with Crippen molar-refractivity contribution in [3.8, 4) is 11.5 Å². The lowest BCUT2D eigenvalue weighted by Gasteiger charge is -2.21. The fraction of sp³-hybridized carbons (Fsp3) is 0.222. The van der Waals surface area contributed by atoms with Crippen molar-refractivity contribution >= 4 is 24.2 Å². The molecule has 0 saturated heterocycles. The number of benzene rings is 4. The van der Waals surface area contributed by atoms with Crippen molar-refractivity contribution in [2.75, 3.05) is 26.4 Å². The molecule has 0 saturated carbocycles. The van der Waals surface area contributed by atoms with Gasteiger partial charge >= 0.3 is 0 Å². The Balaban J connectivity index is 0.989. The highest BCUT2D eigenvalue weighted by Crippen LogP contribution is 2.37. The zero-order valence-electron chi connectivity index (χ0n) is 24.8. The number of nitrogens with zero attached hydrogens (tertiary/aromatic N) is 4. The fourth-order valence-corrected chi connectivity index (χ4v) is 5.66. The number of carbonyl (C=O) groups is 2. The van der Waals surface area contributed by atoms with Crippen molar-refractivity contribution in [3.05, 3.63) is 131 Å². The molecule has 4 aromatic carbocycles. The Morgan fingerprint density at radius 2 is 0.956 bits per heavy atom. The van der Waals surface area contributed by atoms with Crippen molar-refractivity contribution in [3.63, 3.8) is 0 Å². The standard InChI is InChI=1S/C36H34N4O5/c41-25-39-33(23-31(37-39)27-11-3-1-4-12-27)29-15-7-9-17-35(29)44-21-19-43-20-22-45-36-18-10-8-16-30(36)34-24-32(38-40(34)26-42)28-13-5-2-6-14-28/h1-18,25-26,33-34H,19-24H2. The summed E-state index contributed by atoms with van der Waals surface area (Å²) in [4.78, 5) is 23.7. The van der Waals surface area contributed by atoms with Gasteiger partial charge in [0.25, 0.3) is 0 Å². The molecule has 2 atom stereocenters. The molecular formula is C36H34N4O5. The van der Waals surface area contributed by atoms with Gasteiger partial charge in [0.1, 0.15) is 24.7 Å². The number of carbonyl (C=O) groups excluding carboxylic acids is 2. The summed E-state index contributed by atoms with van der Waals surface area (Å²) in [6, 6.07) is 34.7.